The van der Waals surface area contributed by atoms with E-state index in [1.165, 1.54) is 64.2 Å². The smallest absolute Gasteiger partial charge is 0.303 e. The van der Waals surface area contributed by atoms with Crippen LogP contribution in [0.1, 0.15) is 97.3 Å². The van der Waals surface area contributed by atoms with E-state index in [0.717, 1.165) is 42.4 Å². The van der Waals surface area contributed by atoms with Crippen molar-refractivity contribution in [3.8, 4) is 12.8 Å². The van der Waals surface area contributed by atoms with Crippen LogP contribution in [0.4, 0.5) is 0 Å². The first-order valence-electron chi connectivity index (χ1n) is 11.5. The minimum absolute atomic E-state index is 0.364. The van der Waals surface area contributed by atoms with Crippen LogP contribution >= 0.6 is 0 Å². The molecule has 0 aromatic heterocycles. The molecule has 0 saturated heterocycles. The van der Waals surface area contributed by atoms with Crippen LogP contribution in [-0.4, -0.2) is 11.1 Å². The summed E-state index contributed by atoms with van der Waals surface area (Å²) >= 11 is 0. The normalized spacial score (nSPS) is 45.6. The van der Waals surface area contributed by atoms with E-state index in [1.807, 2.05) is 0 Å². The van der Waals surface area contributed by atoms with Crippen LogP contribution in [0.3, 0.4) is 0 Å². The Bertz CT molecular complexity index is 552. The van der Waals surface area contributed by atoms with E-state index >= 15 is 0 Å². The molecule has 0 aromatic carbocycles. The Kier molecular flexibility index (Phi) is 6.29. The fourth-order valence-corrected chi connectivity index (χ4v) is 8.38. The lowest BCUT2D eigenvalue weighted by Gasteiger charge is -2.60. The van der Waals surface area contributed by atoms with E-state index in [4.69, 9.17) is 5.11 Å². The topological polar surface area (TPSA) is 37.3 Å². The number of carbonyl (C=O) groups is 1. The van der Waals surface area contributed by atoms with Crippen molar-refractivity contribution >= 4 is 5.97 Å². The second-order valence-electron chi connectivity index (χ2n) is 10.5. The van der Waals surface area contributed by atoms with Crippen LogP contribution < -0.4 is 0 Å². The zero-order valence-electron chi connectivity index (χ0n) is 17.6. The van der Waals surface area contributed by atoms with Gasteiger partial charge in [0.1, 0.15) is 0 Å². The van der Waals surface area contributed by atoms with Crippen LogP contribution in [0.2, 0.25) is 0 Å². The maximum Gasteiger partial charge on any atom is 0.303 e. The number of hydrogen-bond donors (Lipinski definition) is 1. The average molecular weight is 373 g/mol. The lowest BCUT2D eigenvalue weighted by molar-refractivity contribution is -0.137. The highest BCUT2D eigenvalue weighted by Crippen LogP contribution is 2.67. The molecule has 0 bridgehead atoms. The standard InChI is InChI=1S/C23H38O2.C2H2/c1-22-14-4-3-6-16(22)9-11-18-19-12-10-17(7-5-8-21(24)25)23(19,2)15-13-20(18)22;1-2/h16-20H,3-15H2,1-2H3,(H,24,25);1-2H/t16?,17-,18-,19?,20?,22-,23+;/m0./s1. The molecule has 4 aliphatic carbocycles. The summed E-state index contributed by atoms with van der Waals surface area (Å²) in [6.07, 6.45) is 25.0. The average Bonchev–Trinajstić information content (AvgIpc) is 2.99. The van der Waals surface area contributed by atoms with Gasteiger partial charge in [-0.05, 0) is 105 Å². The largest absolute Gasteiger partial charge is 0.481 e. The van der Waals surface area contributed by atoms with Crippen LogP contribution in [0.15, 0.2) is 0 Å². The fourth-order valence-electron chi connectivity index (χ4n) is 8.38. The molecule has 0 amide bonds. The Morgan fingerprint density at radius 1 is 0.926 bits per heavy atom. The van der Waals surface area contributed by atoms with Crippen LogP contribution in [-0.2, 0) is 4.79 Å². The van der Waals surface area contributed by atoms with Gasteiger partial charge in [0.15, 0.2) is 0 Å². The molecule has 0 radical (unpaired) electrons. The highest BCUT2D eigenvalue weighted by atomic mass is 16.4. The van der Waals surface area contributed by atoms with Crippen molar-refractivity contribution in [3.05, 3.63) is 0 Å². The number of rotatable bonds is 4. The summed E-state index contributed by atoms with van der Waals surface area (Å²) in [6, 6.07) is 0. The molecule has 0 aliphatic heterocycles. The highest BCUT2D eigenvalue weighted by molar-refractivity contribution is 5.66. The van der Waals surface area contributed by atoms with Gasteiger partial charge in [-0.25, -0.2) is 0 Å². The molecule has 2 nitrogen and oxygen atoms in total. The van der Waals surface area contributed by atoms with E-state index in [2.05, 4.69) is 26.7 Å². The number of terminal acetylenes is 1. The van der Waals surface area contributed by atoms with E-state index in [-0.39, 0.29) is 0 Å². The molecule has 2 heteroatoms. The van der Waals surface area contributed by atoms with Crippen molar-refractivity contribution < 1.29 is 9.90 Å². The number of fused-ring (bicyclic) bond motifs is 5. The third kappa shape index (κ3) is 3.56. The predicted molar refractivity (Wildman–Crippen MR) is 111 cm³/mol. The van der Waals surface area contributed by atoms with Gasteiger partial charge in [0.2, 0.25) is 0 Å². The zero-order chi connectivity index (χ0) is 19.7. The van der Waals surface area contributed by atoms with Crippen molar-refractivity contribution in [2.75, 3.05) is 0 Å². The van der Waals surface area contributed by atoms with Crippen molar-refractivity contribution in [2.24, 2.45) is 40.4 Å². The molecule has 4 aliphatic rings. The Balaban J connectivity index is 0.00000102. The SMILES string of the molecule is C#C.C[C@]12CCCCC1CC[C@@H]1C2CC[C@@]2(C)C1CC[C@@H]2CCCC(=O)O. The fraction of sp³-hybridized carbons (Fsp3) is 0.880. The summed E-state index contributed by atoms with van der Waals surface area (Å²) in [6.45, 7) is 5.25. The Labute approximate surface area is 166 Å². The summed E-state index contributed by atoms with van der Waals surface area (Å²) in [5, 5.41) is 8.98. The molecule has 0 heterocycles. The lowest BCUT2D eigenvalue weighted by atomic mass is 9.45. The molecule has 1 N–H and O–H groups in total. The van der Waals surface area contributed by atoms with E-state index in [1.54, 1.807) is 0 Å². The van der Waals surface area contributed by atoms with E-state index < -0.39 is 5.97 Å². The summed E-state index contributed by atoms with van der Waals surface area (Å²) < 4.78 is 0. The number of hydrogen-bond acceptors (Lipinski definition) is 1. The first kappa shape index (κ1) is 20.8. The quantitative estimate of drug-likeness (QED) is 0.569. The third-order valence-corrected chi connectivity index (χ3v) is 9.72. The lowest BCUT2D eigenvalue weighted by Crippen LogP contribution is -2.52. The van der Waals surface area contributed by atoms with Gasteiger partial charge >= 0.3 is 5.97 Å². The van der Waals surface area contributed by atoms with Crippen LogP contribution in [0, 0.1) is 53.3 Å². The second-order valence-corrected chi connectivity index (χ2v) is 10.5. The molecular formula is C25H40O2. The Hall–Kier alpha value is -0.970. The summed E-state index contributed by atoms with van der Waals surface area (Å²) in [5.41, 5.74) is 1.15. The number of carboxylic acid groups (broad SMARTS) is 1. The summed E-state index contributed by atoms with van der Waals surface area (Å²) in [4.78, 5) is 10.9. The molecule has 4 rings (SSSR count). The van der Waals surface area contributed by atoms with Crippen molar-refractivity contribution in [3.63, 3.8) is 0 Å². The van der Waals surface area contributed by atoms with Crippen molar-refractivity contribution in [2.45, 2.75) is 97.3 Å². The monoisotopic (exact) mass is 372 g/mol. The third-order valence-electron chi connectivity index (χ3n) is 9.72. The maximum absolute atomic E-state index is 10.9. The van der Waals surface area contributed by atoms with Gasteiger partial charge in [0, 0.05) is 6.42 Å². The van der Waals surface area contributed by atoms with Crippen molar-refractivity contribution in [1.82, 2.24) is 0 Å². The van der Waals surface area contributed by atoms with Gasteiger partial charge in [-0.1, -0.05) is 26.7 Å². The maximum atomic E-state index is 10.9. The molecule has 7 atom stereocenters. The molecule has 0 spiro atoms. The van der Waals surface area contributed by atoms with Crippen LogP contribution in [0.5, 0.6) is 0 Å². The van der Waals surface area contributed by atoms with Gasteiger partial charge in [-0.3, -0.25) is 4.79 Å². The second kappa shape index (κ2) is 8.18. The minimum Gasteiger partial charge on any atom is -0.481 e. The molecular weight excluding hydrogens is 332 g/mol. The van der Waals surface area contributed by atoms with Gasteiger partial charge in [0.25, 0.3) is 0 Å². The molecule has 4 saturated carbocycles. The number of carboxylic acids is 1. The molecule has 0 aromatic rings. The molecule has 4 fully saturated rings. The molecule has 3 unspecified atom stereocenters. The van der Waals surface area contributed by atoms with Gasteiger partial charge in [-0.15, -0.1) is 12.8 Å². The molecule has 27 heavy (non-hydrogen) atoms. The molecule has 152 valence electrons. The highest BCUT2D eigenvalue weighted by Gasteiger charge is 2.59. The Morgan fingerprint density at radius 2 is 1.67 bits per heavy atom. The van der Waals surface area contributed by atoms with Gasteiger partial charge in [0.05, 0.1) is 0 Å². The van der Waals surface area contributed by atoms with Gasteiger partial charge in [-0.2, -0.15) is 0 Å². The first-order chi connectivity index (χ1) is 12.9. The summed E-state index contributed by atoms with van der Waals surface area (Å²) in [5.74, 6) is 4.08. The van der Waals surface area contributed by atoms with E-state index in [0.29, 0.717) is 17.3 Å². The minimum atomic E-state index is -0.619. The van der Waals surface area contributed by atoms with E-state index in [9.17, 15) is 4.79 Å². The van der Waals surface area contributed by atoms with Gasteiger partial charge < -0.3 is 5.11 Å². The van der Waals surface area contributed by atoms with Crippen molar-refractivity contribution in [1.29, 1.82) is 0 Å². The van der Waals surface area contributed by atoms with Crippen LogP contribution in [0.25, 0.3) is 0 Å². The predicted octanol–water partition coefficient (Wildman–Crippen LogP) is 6.54. The first-order valence-corrected chi connectivity index (χ1v) is 11.5. The zero-order valence-corrected chi connectivity index (χ0v) is 17.6. The number of aliphatic carboxylic acids is 1. The Morgan fingerprint density at radius 3 is 2.41 bits per heavy atom. The summed E-state index contributed by atoms with van der Waals surface area (Å²) in [7, 11) is 0.